The summed E-state index contributed by atoms with van der Waals surface area (Å²) >= 11 is 0. The molecule has 1 aromatic heterocycles. The van der Waals surface area contributed by atoms with E-state index in [0.717, 1.165) is 17.3 Å². The number of hydrogen-bond acceptors (Lipinski definition) is 3. The fraction of sp³-hybridized carbons (Fsp3) is 0.500. The third-order valence-electron chi connectivity index (χ3n) is 4.80. The lowest BCUT2D eigenvalue weighted by Crippen LogP contribution is -2.41. The van der Waals surface area contributed by atoms with Gasteiger partial charge in [-0.15, -0.1) is 0 Å². The molecule has 1 saturated carbocycles. The first kappa shape index (κ1) is 15.7. The first-order valence-corrected chi connectivity index (χ1v) is 8.18. The van der Waals surface area contributed by atoms with Crippen molar-refractivity contribution in [3.8, 4) is 11.5 Å². The molecule has 0 radical (unpaired) electrons. The maximum atomic E-state index is 12.6. The van der Waals surface area contributed by atoms with Gasteiger partial charge in [0, 0.05) is 23.6 Å². The van der Waals surface area contributed by atoms with Crippen LogP contribution in [-0.2, 0) is 0 Å². The molecular formula is C18H24N2O3. The summed E-state index contributed by atoms with van der Waals surface area (Å²) in [4.78, 5) is 15.7. The zero-order valence-electron chi connectivity index (χ0n) is 13.9. The minimum Gasteiger partial charge on any atom is -0.497 e. The van der Waals surface area contributed by atoms with Crippen LogP contribution in [0, 0.1) is 5.92 Å². The number of amides is 1. The van der Waals surface area contributed by atoms with Gasteiger partial charge in [-0.05, 0) is 24.8 Å². The van der Waals surface area contributed by atoms with Crippen LogP contribution in [0.4, 0.5) is 0 Å². The number of carbonyl (C=O) groups is 1. The Balaban J connectivity index is 1.86. The van der Waals surface area contributed by atoms with Crippen molar-refractivity contribution in [2.75, 3.05) is 14.2 Å². The van der Waals surface area contributed by atoms with Crippen LogP contribution < -0.4 is 14.8 Å². The summed E-state index contributed by atoms with van der Waals surface area (Å²) in [6, 6.07) is 5.80. The van der Waals surface area contributed by atoms with E-state index in [4.69, 9.17) is 9.47 Å². The smallest absolute Gasteiger partial charge is 0.267 e. The van der Waals surface area contributed by atoms with Crippen molar-refractivity contribution in [1.29, 1.82) is 0 Å². The molecule has 1 aliphatic carbocycles. The van der Waals surface area contributed by atoms with Crippen molar-refractivity contribution in [3.63, 3.8) is 0 Å². The highest BCUT2D eigenvalue weighted by Crippen LogP contribution is 2.32. The first-order chi connectivity index (χ1) is 11.1. The molecule has 2 atom stereocenters. The summed E-state index contributed by atoms with van der Waals surface area (Å²) < 4.78 is 10.7. The number of rotatable bonds is 4. The summed E-state index contributed by atoms with van der Waals surface area (Å²) in [5.41, 5.74) is 1.40. The Morgan fingerprint density at radius 1 is 1.17 bits per heavy atom. The Morgan fingerprint density at radius 2 is 1.96 bits per heavy atom. The van der Waals surface area contributed by atoms with Crippen LogP contribution in [0.1, 0.15) is 43.1 Å². The number of aromatic nitrogens is 1. The number of hydrogen-bond donors (Lipinski definition) is 2. The number of aromatic amines is 1. The molecule has 0 aliphatic heterocycles. The van der Waals surface area contributed by atoms with Crippen LogP contribution in [-0.4, -0.2) is 31.2 Å². The maximum absolute atomic E-state index is 12.6. The van der Waals surface area contributed by atoms with Crippen molar-refractivity contribution >= 4 is 16.8 Å². The lowest BCUT2D eigenvalue weighted by molar-refractivity contribution is 0.0906. The summed E-state index contributed by atoms with van der Waals surface area (Å²) in [6.07, 6.45) is 4.69. The number of fused-ring (bicyclic) bond motifs is 1. The number of ether oxygens (including phenoxy) is 2. The van der Waals surface area contributed by atoms with Gasteiger partial charge in [-0.2, -0.15) is 0 Å². The number of benzene rings is 1. The molecule has 3 rings (SSSR count). The van der Waals surface area contributed by atoms with Crippen molar-refractivity contribution in [2.45, 2.75) is 38.6 Å². The zero-order chi connectivity index (χ0) is 16.4. The molecule has 0 spiro atoms. The highest BCUT2D eigenvalue weighted by molar-refractivity contribution is 6.00. The monoisotopic (exact) mass is 316 g/mol. The van der Waals surface area contributed by atoms with Gasteiger partial charge >= 0.3 is 0 Å². The van der Waals surface area contributed by atoms with Crippen LogP contribution in [0.3, 0.4) is 0 Å². The van der Waals surface area contributed by atoms with Crippen molar-refractivity contribution < 1.29 is 14.3 Å². The largest absolute Gasteiger partial charge is 0.497 e. The SMILES string of the molecule is COc1cc(OC)c2cc(C(=O)N[C@@H]3CCCC[C@@H]3C)[nH]c2c1. The molecule has 124 valence electrons. The number of H-pyrrole nitrogens is 1. The lowest BCUT2D eigenvalue weighted by atomic mass is 9.86. The number of nitrogens with one attached hydrogen (secondary N) is 2. The zero-order valence-corrected chi connectivity index (χ0v) is 13.9. The van der Waals surface area contributed by atoms with Gasteiger partial charge < -0.3 is 19.8 Å². The molecular weight excluding hydrogens is 292 g/mol. The molecule has 0 bridgehead atoms. The van der Waals surface area contributed by atoms with Crippen LogP contribution in [0.2, 0.25) is 0 Å². The molecule has 2 aromatic rings. The third-order valence-corrected chi connectivity index (χ3v) is 4.80. The van der Waals surface area contributed by atoms with Crippen molar-refractivity contribution in [1.82, 2.24) is 10.3 Å². The van der Waals surface area contributed by atoms with Crippen LogP contribution in [0.25, 0.3) is 10.9 Å². The first-order valence-electron chi connectivity index (χ1n) is 8.18. The average molecular weight is 316 g/mol. The van der Waals surface area contributed by atoms with Crippen LogP contribution >= 0.6 is 0 Å². The van der Waals surface area contributed by atoms with E-state index in [-0.39, 0.29) is 11.9 Å². The van der Waals surface area contributed by atoms with E-state index in [2.05, 4.69) is 17.2 Å². The van der Waals surface area contributed by atoms with Crippen LogP contribution in [0.5, 0.6) is 11.5 Å². The van der Waals surface area contributed by atoms with Gasteiger partial charge in [-0.3, -0.25) is 4.79 Å². The predicted molar refractivity (Wildman–Crippen MR) is 90.3 cm³/mol. The Labute approximate surface area is 136 Å². The minimum atomic E-state index is -0.0547. The molecule has 5 heteroatoms. The molecule has 0 unspecified atom stereocenters. The van der Waals surface area contributed by atoms with E-state index in [1.165, 1.54) is 19.3 Å². The lowest BCUT2D eigenvalue weighted by Gasteiger charge is -2.29. The van der Waals surface area contributed by atoms with Gasteiger partial charge in [-0.25, -0.2) is 0 Å². The van der Waals surface area contributed by atoms with Crippen molar-refractivity contribution in [2.24, 2.45) is 5.92 Å². The molecule has 5 nitrogen and oxygen atoms in total. The normalized spacial score (nSPS) is 21.2. The quantitative estimate of drug-likeness (QED) is 0.907. The Morgan fingerprint density at radius 3 is 2.65 bits per heavy atom. The topological polar surface area (TPSA) is 63.4 Å². The van der Waals surface area contributed by atoms with Gasteiger partial charge in [-0.1, -0.05) is 19.8 Å². The van der Waals surface area contributed by atoms with E-state index in [1.807, 2.05) is 18.2 Å². The van der Waals surface area contributed by atoms with E-state index in [1.54, 1.807) is 14.2 Å². The molecule has 1 aliphatic rings. The predicted octanol–water partition coefficient (Wildman–Crippen LogP) is 3.49. The van der Waals surface area contributed by atoms with E-state index < -0.39 is 0 Å². The maximum Gasteiger partial charge on any atom is 0.267 e. The van der Waals surface area contributed by atoms with Gasteiger partial charge in [0.25, 0.3) is 5.91 Å². The molecule has 1 amide bonds. The third kappa shape index (κ3) is 3.14. The second kappa shape index (κ2) is 6.52. The molecule has 2 N–H and O–H groups in total. The molecule has 1 heterocycles. The van der Waals surface area contributed by atoms with Gasteiger partial charge in [0.15, 0.2) is 0 Å². The van der Waals surface area contributed by atoms with E-state index >= 15 is 0 Å². The molecule has 1 aromatic carbocycles. The van der Waals surface area contributed by atoms with E-state index in [9.17, 15) is 4.79 Å². The highest BCUT2D eigenvalue weighted by atomic mass is 16.5. The number of carbonyl (C=O) groups excluding carboxylic acids is 1. The second-order valence-electron chi connectivity index (χ2n) is 6.32. The standard InChI is InChI=1S/C18H24N2O3/c1-11-6-4-5-7-14(11)20-18(21)16-10-13-15(19-16)8-12(22-2)9-17(13)23-3/h8-11,14,19H,4-7H2,1-3H3,(H,20,21)/t11-,14+/m0/s1. The molecule has 1 fully saturated rings. The van der Waals surface area contributed by atoms with Gasteiger partial charge in [0.05, 0.1) is 19.7 Å². The average Bonchev–Trinajstić information content (AvgIpc) is 3.00. The Bertz CT molecular complexity index is 708. The summed E-state index contributed by atoms with van der Waals surface area (Å²) in [5, 5.41) is 4.05. The Hall–Kier alpha value is -2.17. The fourth-order valence-electron chi connectivity index (χ4n) is 3.37. The summed E-state index contributed by atoms with van der Waals surface area (Å²) in [7, 11) is 3.23. The number of methoxy groups -OCH3 is 2. The summed E-state index contributed by atoms with van der Waals surface area (Å²) in [6.45, 7) is 2.21. The van der Waals surface area contributed by atoms with Gasteiger partial charge in [0.1, 0.15) is 17.2 Å². The highest BCUT2D eigenvalue weighted by Gasteiger charge is 2.24. The fourth-order valence-corrected chi connectivity index (χ4v) is 3.37. The van der Waals surface area contributed by atoms with Crippen molar-refractivity contribution in [3.05, 3.63) is 23.9 Å². The molecule has 0 saturated heterocycles. The molecule has 23 heavy (non-hydrogen) atoms. The minimum absolute atomic E-state index is 0.0547. The van der Waals surface area contributed by atoms with E-state index in [0.29, 0.717) is 23.1 Å². The van der Waals surface area contributed by atoms with Gasteiger partial charge in [0.2, 0.25) is 0 Å². The Kier molecular flexibility index (Phi) is 4.46. The summed E-state index contributed by atoms with van der Waals surface area (Å²) in [5.74, 6) is 1.87. The van der Waals surface area contributed by atoms with Crippen LogP contribution in [0.15, 0.2) is 18.2 Å². The second-order valence-corrected chi connectivity index (χ2v) is 6.32.